The Kier molecular flexibility index (Phi) is 6.90. The highest BCUT2D eigenvalue weighted by Crippen LogP contribution is 2.43. The lowest BCUT2D eigenvalue weighted by Crippen LogP contribution is -2.45. The first-order chi connectivity index (χ1) is 13.0. The van der Waals surface area contributed by atoms with Gasteiger partial charge in [-0.25, -0.2) is 0 Å². The number of hydrazine groups is 1. The minimum absolute atomic E-state index is 0.0808. The van der Waals surface area contributed by atoms with E-state index in [1.165, 1.54) is 5.56 Å². The predicted molar refractivity (Wildman–Crippen MR) is 108 cm³/mol. The molecule has 0 aliphatic carbocycles. The van der Waals surface area contributed by atoms with Crippen molar-refractivity contribution in [2.75, 3.05) is 26.2 Å². The maximum atomic E-state index is 12.3. The van der Waals surface area contributed by atoms with Gasteiger partial charge in [0.1, 0.15) is 0 Å². The lowest BCUT2D eigenvalue weighted by atomic mass is 9.67. The van der Waals surface area contributed by atoms with Crippen LogP contribution in [0.2, 0.25) is 0 Å². The molecule has 150 valence electrons. The van der Waals surface area contributed by atoms with Crippen LogP contribution < -0.4 is 16.2 Å². The first-order valence-electron chi connectivity index (χ1n) is 10.4. The smallest absolute Gasteiger partial charge is 0.219 e. The summed E-state index contributed by atoms with van der Waals surface area (Å²) in [5, 5.41) is 3.17. The Labute approximate surface area is 163 Å². The Morgan fingerprint density at radius 3 is 2.67 bits per heavy atom. The molecule has 3 N–H and O–H groups in total. The second-order valence-electron chi connectivity index (χ2n) is 8.80. The summed E-state index contributed by atoms with van der Waals surface area (Å²) < 4.78 is 5.97. The number of ether oxygens (including phenoxy) is 1. The molecule has 3 rings (SSSR count). The molecule has 1 unspecified atom stereocenters. The fraction of sp³-hybridized carbons (Fsp3) is 0.682. The summed E-state index contributed by atoms with van der Waals surface area (Å²) in [5.74, 6) is 0.840. The minimum atomic E-state index is -0.124. The lowest BCUT2D eigenvalue weighted by molar-refractivity contribution is -0.121. The number of hydrogen-bond acceptors (Lipinski definition) is 4. The highest BCUT2D eigenvalue weighted by Gasteiger charge is 2.41. The van der Waals surface area contributed by atoms with Crippen molar-refractivity contribution in [1.29, 1.82) is 0 Å². The van der Waals surface area contributed by atoms with E-state index in [1.807, 2.05) is 0 Å². The van der Waals surface area contributed by atoms with E-state index in [0.29, 0.717) is 12.3 Å². The van der Waals surface area contributed by atoms with E-state index in [9.17, 15) is 4.79 Å². The molecule has 2 aliphatic rings. The number of nitrogens with one attached hydrogen (secondary N) is 3. The molecule has 2 heterocycles. The number of benzene rings is 1. The van der Waals surface area contributed by atoms with Crippen molar-refractivity contribution in [2.45, 2.75) is 63.4 Å². The molecule has 5 nitrogen and oxygen atoms in total. The Hall–Kier alpha value is -1.43. The summed E-state index contributed by atoms with van der Waals surface area (Å²) in [7, 11) is 0. The molecule has 27 heavy (non-hydrogen) atoms. The van der Waals surface area contributed by atoms with Crippen molar-refractivity contribution in [3.63, 3.8) is 0 Å². The Morgan fingerprint density at radius 1 is 1.22 bits per heavy atom. The molecule has 0 spiro atoms. The molecular formula is C22H35N3O2. The third-order valence-electron chi connectivity index (χ3n) is 6.07. The van der Waals surface area contributed by atoms with Crippen molar-refractivity contribution in [1.82, 2.24) is 16.2 Å². The summed E-state index contributed by atoms with van der Waals surface area (Å²) in [6.07, 6.45) is 5.66. The van der Waals surface area contributed by atoms with Crippen molar-refractivity contribution in [2.24, 2.45) is 5.92 Å². The largest absolute Gasteiger partial charge is 0.376 e. The highest BCUT2D eigenvalue weighted by atomic mass is 16.5. The third-order valence-corrected chi connectivity index (χ3v) is 6.07. The molecule has 2 fully saturated rings. The van der Waals surface area contributed by atoms with Crippen LogP contribution in [0.1, 0.15) is 57.9 Å². The van der Waals surface area contributed by atoms with Crippen LogP contribution in [-0.4, -0.2) is 37.7 Å². The second kappa shape index (κ2) is 9.18. The van der Waals surface area contributed by atoms with Gasteiger partial charge in [-0.2, -0.15) is 0 Å². The van der Waals surface area contributed by atoms with Gasteiger partial charge < -0.3 is 10.1 Å². The van der Waals surface area contributed by atoms with Crippen LogP contribution in [0.15, 0.2) is 30.3 Å². The van der Waals surface area contributed by atoms with Gasteiger partial charge in [-0.1, -0.05) is 30.3 Å². The SMILES string of the molecule is CC1(C)CC(CCNC(=O)CCCC2CNNC2)(c2ccccc2)CCO1. The summed E-state index contributed by atoms with van der Waals surface area (Å²) in [6, 6.07) is 10.8. The maximum absolute atomic E-state index is 12.3. The molecule has 1 amide bonds. The predicted octanol–water partition coefficient (Wildman–Crippen LogP) is 2.91. The summed E-state index contributed by atoms with van der Waals surface area (Å²) in [4.78, 5) is 12.3. The van der Waals surface area contributed by atoms with Crippen LogP contribution in [-0.2, 0) is 14.9 Å². The molecule has 2 aliphatic heterocycles. The Balaban J connectivity index is 1.50. The summed E-state index contributed by atoms with van der Waals surface area (Å²) in [5.41, 5.74) is 7.62. The van der Waals surface area contributed by atoms with Gasteiger partial charge in [0.2, 0.25) is 5.91 Å². The lowest BCUT2D eigenvalue weighted by Gasteiger charge is -2.45. The topological polar surface area (TPSA) is 62.4 Å². The first-order valence-corrected chi connectivity index (χ1v) is 10.4. The number of rotatable bonds is 8. The van der Waals surface area contributed by atoms with Crippen molar-refractivity contribution in [3.05, 3.63) is 35.9 Å². The van der Waals surface area contributed by atoms with Crippen LogP contribution in [0.25, 0.3) is 0 Å². The van der Waals surface area contributed by atoms with Gasteiger partial charge in [-0.3, -0.25) is 15.6 Å². The van der Waals surface area contributed by atoms with Gasteiger partial charge in [0, 0.05) is 38.1 Å². The zero-order valence-electron chi connectivity index (χ0n) is 16.9. The van der Waals surface area contributed by atoms with Crippen LogP contribution >= 0.6 is 0 Å². The molecule has 0 radical (unpaired) electrons. The van der Waals surface area contributed by atoms with Gasteiger partial charge >= 0.3 is 0 Å². The molecule has 0 bridgehead atoms. The van der Waals surface area contributed by atoms with Crippen LogP contribution in [0.5, 0.6) is 0 Å². The van der Waals surface area contributed by atoms with E-state index in [-0.39, 0.29) is 16.9 Å². The minimum Gasteiger partial charge on any atom is -0.376 e. The van der Waals surface area contributed by atoms with Gasteiger partial charge in [0.25, 0.3) is 0 Å². The number of carbonyl (C=O) groups excluding carboxylic acids is 1. The molecule has 0 saturated carbocycles. The molecule has 2 saturated heterocycles. The van der Waals surface area contributed by atoms with Crippen molar-refractivity contribution >= 4 is 5.91 Å². The standard InChI is InChI=1S/C22H35N3O2/c1-21(2)17-22(12-14-27-21,19-8-4-3-5-9-19)11-13-23-20(26)10-6-7-18-15-24-25-16-18/h3-5,8-9,18,24-25H,6-7,10-17H2,1-2H3,(H,23,26). The van der Waals surface area contributed by atoms with Gasteiger partial charge in [0.15, 0.2) is 0 Å². The average Bonchev–Trinajstić information content (AvgIpc) is 3.15. The van der Waals surface area contributed by atoms with E-state index in [4.69, 9.17) is 4.74 Å². The number of amides is 1. The average molecular weight is 374 g/mol. The fourth-order valence-corrected chi connectivity index (χ4v) is 4.66. The van der Waals surface area contributed by atoms with Crippen molar-refractivity contribution < 1.29 is 9.53 Å². The third kappa shape index (κ3) is 5.77. The van der Waals surface area contributed by atoms with Crippen LogP contribution in [0, 0.1) is 5.92 Å². The van der Waals surface area contributed by atoms with E-state index in [2.05, 4.69) is 60.3 Å². The van der Waals surface area contributed by atoms with Crippen LogP contribution in [0.3, 0.4) is 0 Å². The molecule has 0 aromatic heterocycles. The van der Waals surface area contributed by atoms with Gasteiger partial charge in [-0.15, -0.1) is 0 Å². The number of carbonyl (C=O) groups is 1. The second-order valence-corrected chi connectivity index (χ2v) is 8.80. The molecular weight excluding hydrogens is 338 g/mol. The van der Waals surface area contributed by atoms with E-state index >= 15 is 0 Å². The fourth-order valence-electron chi connectivity index (χ4n) is 4.66. The normalized spacial score (nSPS) is 25.4. The zero-order valence-corrected chi connectivity index (χ0v) is 16.9. The maximum Gasteiger partial charge on any atom is 0.219 e. The summed E-state index contributed by atoms with van der Waals surface area (Å²) in [6.45, 7) is 7.89. The van der Waals surface area contributed by atoms with Crippen LogP contribution in [0.4, 0.5) is 0 Å². The quantitative estimate of drug-likeness (QED) is 0.656. The first kappa shape index (κ1) is 20.3. The van der Waals surface area contributed by atoms with Gasteiger partial charge in [-0.05, 0) is 57.4 Å². The highest BCUT2D eigenvalue weighted by molar-refractivity contribution is 5.75. The zero-order chi connectivity index (χ0) is 19.2. The Morgan fingerprint density at radius 2 is 1.96 bits per heavy atom. The van der Waals surface area contributed by atoms with E-state index in [0.717, 1.165) is 58.3 Å². The van der Waals surface area contributed by atoms with E-state index < -0.39 is 0 Å². The molecule has 1 aromatic carbocycles. The van der Waals surface area contributed by atoms with Gasteiger partial charge in [0.05, 0.1) is 5.60 Å². The molecule has 1 aromatic rings. The molecule has 5 heteroatoms. The molecule has 1 atom stereocenters. The Bertz CT molecular complexity index is 599. The summed E-state index contributed by atoms with van der Waals surface area (Å²) >= 11 is 0. The van der Waals surface area contributed by atoms with E-state index in [1.54, 1.807) is 0 Å². The number of hydrogen-bond donors (Lipinski definition) is 3. The van der Waals surface area contributed by atoms with Crippen molar-refractivity contribution in [3.8, 4) is 0 Å². The monoisotopic (exact) mass is 373 g/mol.